The normalized spacial score (nSPS) is 12.7. The highest BCUT2D eigenvalue weighted by Crippen LogP contribution is 2.45. The quantitative estimate of drug-likeness (QED) is 0.337. The van der Waals surface area contributed by atoms with Crippen LogP contribution in [0.1, 0.15) is 0 Å². The van der Waals surface area contributed by atoms with E-state index < -0.39 is 47.2 Å². The molecule has 0 atom stereocenters. The smallest absolute Gasteiger partial charge is 0.296 e. The standard InChI is InChI=1S/C16H11ClN2O8S2/c17-9-1-3-10(4-2-9)18-19-15-13(29(25,26)27)6-8-5-11(28(22,23)24)7-12(20)14(8)16(15)21/h1-7,20-21H,(H,22,23,24)(H,25,26,27). The van der Waals surface area contributed by atoms with Gasteiger partial charge < -0.3 is 10.2 Å². The van der Waals surface area contributed by atoms with Crippen LogP contribution >= 0.6 is 11.6 Å². The highest BCUT2D eigenvalue weighted by atomic mass is 35.5. The van der Waals surface area contributed by atoms with Crippen LogP contribution in [0.2, 0.25) is 5.02 Å². The largest absolute Gasteiger partial charge is 0.507 e. The molecule has 0 aliphatic rings. The molecular formula is C16H11ClN2O8S2. The summed E-state index contributed by atoms with van der Waals surface area (Å²) < 4.78 is 64.8. The van der Waals surface area contributed by atoms with Crippen molar-refractivity contribution in [3.8, 4) is 11.5 Å². The molecule has 3 rings (SSSR count). The molecule has 0 saturated heterocycles. The van der Waals surface area contributed by atoms with Gasteiger partial charge in [0.05, 0.1) is 16.0 Å². The first kappa shape index (κ1) is 21.0. The summed E-state index contributed by atoms with van der Waals surface area (Å²) in [6, 6.07) is 8.11. The maximum Gasteiger partial charge on any atom is 0.296 e. The van der Waals surface area contributed by atoms with Gasteiger partial charge >= 0.3 is 0 Å². The Morgan fingerprint density at radius 2 is 1.45 bits per heavy atom. The monoisotopic (exact) mass is 458 g/mol. The minimum Gasteiger partial charge on any atom is -0.507 e. The lowest BCUT2D eigenvalue weighted by Crippen LogP contribution is -2.01. The maximum absolute atomic E-state index is 11.8. The summed E-state index contributed by atoms with van der Waals surface area (Å²) in [4.78, 5) is -1.65. The lowest BCUT2D eigenvalue weighted by Gasteiger charge is -2.11. The molecule has 152 valence electrons. The molecule has 29 heavy (non-hydrogen) atoms. The Hall–Kier alpha value is -2.77. The summed E-state index contributed by atoms with van der Waals surface area (Å²) in [5.74, 6) is -1.66. The lowest BCUT2D eigenvalue weighted by atomic mass is 10.1. The van der Waals surface area contributed by atoms with E-state index in [9.17, 15) is 31.6 Å². The van der Waals surface area contributed by atoms with Gasteiger partial charge in [-0.3, -0.25) is 9.11 Å². The molecule has 13 heteroatoms. The number of hydrogen-bond acceptors (Lipinski definition) is 8. The van der Waals surface area contributed by atoms with Gasteiger partial charge in [0.25, 0.3) is 20.2 Å². The van der Waals surface area contributed by atoms with Crippen LogP contribution in [0, 0.1) is 0 Å². The van der Waals surface area contributed by atoms with Crippen molar-refractivity contribution >= 4 is 54.0 Å². The average molecular weight is 459 g/mol. The number of aromatic hydroxyl groups is 2. The zero-order valence-corrected chi connectivity index (χ0v) is 16.4. The van der Waals surface area contributed by atoms with Gasteiger partial charge in [0.1, 0.15) is 16.3 Å². The van der Waals surface area contributed by atoms with E-state index in [2.05, 4.69) is 10.2 Å². The second-order valence-corrected chi connectivity index (χ2v) is 8.99. The van der Waals surface area contributed by atoms with Gasteiger partial charge in [-0.25, -0.2) is 0 Å². The Morgan fingerprint density at radius 3 is 2.00 bits per heavy atom. The minimum absolute atomic E-state index is 0.237. The molecule has 0 heterocycles. The predicted molar refractivity (Wildman–Crippen MR) is 103 cm³/mol. The van der Waals surface area contributed by atoms with E-state index >= 15 is 0 Å². The Morgan fingerprint density at radius 1 is 0.828 bits per heavy atom. The molecule has 0 aliphatic carbocycles. The molecule has 0 bridgehead atoms. The number of benzene rings is 3. The minimum atomic E-state index is -4.95. The molecule has 3 aromatic carbocycles. The second kappa shape index (κ2) is 7.24. The van der Waals surface area contributed by atoms with Crippen molar-refractivity contribution in [1.82, 2.24) is 0 Å². The first-order valence-electron chi connectivity index (χ1n) is 7.53. The number of fused-ring (bicyclic) bond motifs is 1. The number of nitrogens with zero attached hydrogens (tertiary/aromatic N) is 2. The van der Waals surface area contributed by atoms with Gasteiger partial charge in [0.2, 0.25) is 0 Å². The van der Waals surface area contributed by atoms with Crippen molar-refractivity contribution in [3.63, 3.8) is 0 Å². The highest BCUT2D eigenvalue weighted by Gasteiger charge is 2.25. The van der Waals surface area contributed by atoms with Crippen molar-refractivity contribution in [1.29, 1.82) is 0 Å². The van der Waals surface area contributed by atoms with Crippen molar-refractivity contribution in [3.05, 3.63) is 47.5 Å². The molecule has 0 amide bonds. The van der Waals surface area contributed by atoms with E-state index in [1.807, 2.05) is 0 Å². The number of phenolic OH excluding ortho intramolecular Hbond substituents is 2. The average Bonchev–Trinajstić information content (AvgIpc) is 2.60. The number of phenols is 2. The van der Waals surface area contributed by atoms with Gasteiger partial charge in [-0.1, -0.05) is 11.6 Å². The van der Waals surface area contributed by atoms with Crippen LogP contribution in [0.25, 0.3) is 10.8 Å². The maximum atomic E-state index is 11.8. The van der Waals surface area contributed by atoms with E-state index in [1.54, 1.807) is 0 Å². The molecule has 0 aliphatic heterocycles. The summed E-state index contributed by atoms with van der Waals surface area (Å²) in [5, 5.41) is 27.7. The zero-order valence-electron chi connectivity index (χ0n) is 14.1. The van der Waals surface area contributed by atoms with E-state index in [4.69, 9.17) is 16.2 Å². The number of hydrogen-bond donors (Lipinski definition) is 4. The zero-order chi connectivity index (χ0) is 21.6. The van der Waals surface area contributed by atoms with Crippen LogP contribution in [0.15, 0.2) is 62.5 Å². The van der Waals surface area contributed by atoms with Gasteiger partial charge in [0, 0.05) is 11.1 Å². The van der Waals surface area contributed by atoms with Crippen LogP contribution in [0.4, 0.5) is 11.4 Å². The summed E-state index contributed by atoms with van der Waals surface area (Å²) >= 11 is 5.75. The number of azo groups is 1. The molecule has 0 saturated carbocycles. The Bertz CT molecular complexity index is 1370. The third-order valence-electron chi connectivity index (χ3n) is 3.77. The van der Waals surface area contributed by atoms with Crippen LogP contribution in [0.5, 0.6) is 11.5 Å². The fourth-order valence-corrected chi connectivity index (χ4v) is 3.82. The van der Waals surface area contributed by atoms with Crippen LogP contribution in [-0.4, -0.2) is 36.2 Å². The Labute approximate surface area is 169 Å². The van der Waals surface area contributed by atoms with E-state index in [-0.39, 0.29) is 16.5 Å². The second-order valence-electron chi connectivity index (χ2n) is 5.74. The van der Waals surface area contributed by atoms with Crippen molar-refractivity contribution in [2.45, 2.75) is 9.79 Å². The van der Waals surface area contributed by atoms with Gasteiger partial charge in [-0.05, 0) is 41.8 Å². The number of halogens is 1. The molecule has 0 unspecified atom stereocenters. The summed E-state index contributed by atoms with van der Waals surface area (Å²) in [7, 11) is -9.69. The van der Waals surface area contributed by atoms with Crippen molar-refractivity contribution in [2.75, 3.05) is 0 Å². The lowest BCUT2D eigenvalue weighted by molar-refractivity contribution is 0.457. The highest BCUT2D eigenvalue weighted by molar-refractivity contribution is 7.86. The molecule has 0 spiro atoms. The summed E-state index contributed by atoms with van der Waals surface area (Å²) in [5.41, 5.74) is -0.453. The topological polar surface area (TPSA) is 174 Å². The van der Waals surface area contributed by atoms with Gasteiger partial charge in [-0.15, -0.1) is 5.11 Å². The molecule has 0 aromatic heterocycles. The molecule has 4 N–H and O–H groups in total. The Kier molecular flexibility index (Phi) is 5.23. The van der Waals surface area contributed by atoms with Gasteiger partial charge in [0.15, 0.2) is 5.75 Å². The fraction of sp³-hybridized carbons (Fsp3) is 0. The first-order chi connectivity index (χ1) is 13.4. The summed E-state index contributed by atoms with van der Waals surface area (Å²) in [6.07, 6.45) is 0. The number of rotatable bonds is 4. The molecule has 10 nitrogen and oxygen atoms in total. The van der Waals surface area contributed by atoms with Crippen molar-refractivity contribution < 1.29 is 36.2 Å². The molecule has 0 radical (unpaired) electrons. The van der Waals surface area contributed by atoms with Crippen molar-refractivity contribution in [2.24, 2.45) is 10.2 Å². The third kappa shape index (κ3) is 4.31. The molecule has 3 aromatic rings. The van der Waals surface area contributed by atoms with Gasteiger partial charge in [-0.2, -0.15) is 21.9 Å². The first-order valence-corrected chi connectivity index (χ1v) is 10.8. The van der Waals surface area contributed by atoms with Crippen LogP contribution in [-0.2, 0) is 20.2 Å². The third-order valence-corrected chi connectivity index (χ3v) is 5.72. The van der Waals surface area contributed by atoms with Crippen LogP contribution < -0.4 is 0 Å². The van der Waals surface area contributed by atoms with E-state index in [1.165, 1.54) is 24.3 Å². The Balaban J connectivity index is 2.32. The van der Waals surface area contributed by atoms with Crippen LogP contribution in [0.3, 0.4) is 0 Å². The molecule has 0 fully saturated rings. The SMILES string of the molecule is O=S(=O)(O)c1cc(O)c2c(O)c(N=Nc3ccc(Cl)cc3)c(S(=O)(=O)O)cc2c1. The summed E-state index contributed by atoms with van der Waals surface area (Å²) in [6.45, 7) is 0. The molecular weight excluding hydrogens is 448 g/mol. The van der Waals surface area contributed by atoms with E-state index in [0.29, 0.717) is 11.1 Å². The van der Waals surface area contributed by atoms with E-state index in [0.717, 1.165) is 12.1 Å². The predicted octanol–water partition coefficient (Wildman–Crippen LogP) is 3.81. The fourth-order valence-electron chi connectivity index (χ4n) is 2.50.